The van der Waals surface area contributed by atoms with Crippen LogP contribution < -0.4 is 5.32 Å². The molecular formula is C15H18F2N2. The summed E-state index contributed by atoms with van der Waals surface area (Å²) in [6.07, 6.45) is 3.02. The molecule has 1 fully saturated rings. The monoisotopic (exact) mass is 264 g/mol. The van der Waals surface area contributed by atoms with Crippen molar-refractivity contribution in [3.8, 4) is 6.07 Å². The zero-order chi connectivity index (χ0) is 14.0. The first-order valence-electron chi connectivity index (χ1n) is 6.67. The third-order valence-electron chi connectivity index (χ3n) is 4.16. The fraction of sp³-hybridized carbons (Fsp3) is 0.533. The fourth-order valence-corrected chi connectivity index (χ4v) is 2.65. The molecule has 3 unspecified atom stereocenters. The molecule has 0 aliphatic heterocycles. The number of nitriles is 1. The second kappa shape index (κ2) is 5.56. The zero-order valence-electron chi connectivity index (χ0n) is 11.2. The van der Waals surface area contributed by atoms with Crippen LogP contribution in [0.25, 0.3) is 0 Å². The summed E-state index contributed by atoms with van der Waals surface area (Å²) in [5, 5.41) is 11.7. The highest BCUT2D eigenvalue weighted by molar-refractivity contribution is 5.50. The van der Waals surface area contributed by atoms with E-state index in [1.807, 2.05) is 0 Å². The van der Waals surface area contributed by atoms with Gasteiger partial charge < -0.3 is 5.32 Å². The Bertz CT molecular complexity index is 508. The average Bonchev–Trinajstić information content (AvgIpc) is 2.40. The lowest BCUT2D eigenvalue weighted by atomic mass is 9.79. The molecule has 0 radical (unpaired) electrons. The maximum atomic E-state index is 13.8. The van der Waals surface area contributed by atoms with Gasteiger partial charge in [0.1, 0.15) is 6.07 Å². The predicted molar refractivity (Wildman–Crippen MR) is 70.7 cm³/mol. The van der Waals surface area contributed by atoms with Crippen molar-refractivity contribution >= 4 is 5.69 Å². The molecule has 1 N–H and O–H groups in total. The summed E-state index contributed by atoms with van der Waals surface area (Å²) in [5.74, 6) is -0.756. The minimum Gasteiger partial charge on any atom is -0.380 e. The summed E-state index contributed by atoms with van der Waals surface area (Å²) in [6, 6.07) is 4.57. The maximum absolute atomic E-state index is 13.8. The van der Waals surface area contributed by atoms with Crippen molar-refractivity contribution in [2.45, 2.75) is 39.2 Å². The van der Waals surface area contributed by atoms with Crippen LogP contribution in [0.4, 0.5) is 14.5 Å². The Morgan fingerprint density at radius 1 is 1.16 bits per heavy atom. The van der Waals surface area contributed by atoms with E-state index in [9.17, 15) is 8.78 Å². The van der Waals surface area contributed by atoms with Gasteiger partial charge in [0.2, 0.25) is 0 Å². The quantitative estimate of drug-likeness (QED) is 0.873. The summed E-state index contributed by atoms with van der Waals surface area (Å²) >= 11 is 0. The lowest BCUT2D eigenvalue weighted by molar-refractivity contribution is 0.260. The minimum atomic E-state index is -1.07. The summed E-state index contributed by atoms with van der Waals surface area (Å²) < 4.78 is 27.3. The molecule has 0 heterocycles. The van der Waals surface area contributed by atoms with Gasteiger partial charge in [-0.3, -0.25) is 0 Å². The van der Waals surface area contributed by atoms with Crippen LogP contribution in [0, 0.1) is 34.8 Å². The predicted octanol–water partition coefficient (Wildman–Crippen LogP) is 4.07. The van der Waals surface area contributed by atoms with Crippen LogP contribution in [0.2, 0.25) is 0 Å². The lowest BCUT2D eigenvalue weighted by Gasteiger charge is -2.33. The number of hydrogen-bond donors (Lipinski definition) is 1. The molecule has 4 heteroatoms. The molecule has 19 heavy (non-hydrogen) atoms. The first kappa shape index (κ1) is 13.8. The molecule has 2 rings (SSSR count). The number of nitrogens with zero attached hydrogens (tertiary/aromatic N) is 1. The third-order valence-corrected chi connectivity index (χ3v) is 4.16. The molecule has 1 aliphatic rings. The van der Waals surface area contributed by atoms with Crippen molar-refractivity contribution in [2.75, 3.05) is 5.32 Å². The smallest absolute Gasteiger partial charge is 0.183 e. The van der Waals surface area contributed by atoms with Crippen molar-refractivity contribution in [3.63, 3.8) is 0 Å². The standard InChI is InChI=1S/C15H18F2N2/c1-9-3-5-12(7-10(9)2)19-13-6-4-11(8-18)14(16)15(13)17/h4,6,9-10,12,19H,3,5,7H2,1-2H3. The van der Waals surface area contributed by atoms with Gasteiger partial charge in [-0.1, -0.05) is 13.8 Å². The summed E-state index contributed by atoms with van der Waals surface area (Å²) in [4.78, 5) is 0. The molecule has 1 aromatic rings. The third kappa shape index (κ3) is 2.86. The van der Waals surface area contributed by atoms with Crippen LogP contribution in [0.5, 0.6) is 0 Å². The van der Waals surface area contributed by atoms with Crippen molar-refractivity contribution in [3.05, 3.63) is 29.3 Å². The molecular weight excluding hydrogens is 246 g/mol. The highest BCUT2D eigenvalue weighted by Gasteiger charge is 2.25. The van der Waals surface area contributed by atoms with Crippen molar-refractivity contribution in [1.82, 2.24) is 0 Å². The van der Waals surface area contributed by atoms with Gasteiger partial charge in [-0.2, -0.15) is 5.26 Å². The van der Waals surface area contributed by atoms with Crippen molar-refractivity contribution in [1.29, 1.82) is 5.26 Å². The SMILES string of the molecule is CC1CCC(Nc2ccc(C#N)c(F)c2F)CC1C. The van der Waals surface area contributed by atoms with Crippen LogP contribution in [0.3, 0.4) is 0 Å². The fourth-order valence-electron chi connectivity index (χ4n) is 2.65. The molecule has 0 saturated heterocycles. The van der Waals surface area contributed by atoms with E-state index in [4.69, 9.17) is 5.26 Å². The van der Waals surface area contributed by atoms with E-state index < -0.39 is 11.6 Å². The number of hydrogen-bond acceptors (Lipinski definition) is 2. The van der Waals surface area contributed by atoms with Crippen LogP contribution in [0.1, 0.15) is 38.7 Å². The first-order chi connectivity index (χ1) is 9.02. The number of nitrogens with one attached hydrogen (secondary N) is 1. The van der Waals surface area contributed by atoms with Crippen molar-refractivity contribution in [2.24, 2.45) is 11.8 Å². The van der Waals surface area contributed by atoms with Crippen molar-refractivity contribution < 1.29 is 8.78 Å². The van der Waals surface area contributed by atoms with Gasteiger partial charge in [-0.15, -0.1) is 0 Å². The average molecular weight is 264 g/mol. The molecule has 2 nitrogen and oxygen atoms in total. The zero-order valence-corrected chi connectivity index (χ0v) is 11.2. The van der Waals surface area contributed by atoms with E-state index >= 15 is 0 Å². The Labute approximate surface area is 112 Å². The number of halogens is 2. The Hall–Kier alpha value is -1.63. The van der Waals surface area contributed by atoms with Gasteiger partial charge in [0, 0.05) is 6.04 Å². The summed E-state index contributed by atoms with van der Waals surface area (Å²) in [5.41, 5.74) is -0.100. The number of rotatable bonds is 2. The van der Waals surface area contributed by atoms with E-state index in [0.717, 1.165) is 19.3 Å². The molecule has 0 amide bonds. The Morgan fingerprint density at radius 3 is 2.53 bits per heavy atom. The van der Waals surface area contributed by atoms with E-state index in [1.165, 1.54) is 12.1 Å². The molecule has 1 saturated carbocycles. The van der Waals surface area contributed by atoms with Crippen LogP contribution in [0.15, 0.2) is 12.1 Å². The van der Waals surface area contributed by atoms with Gasteiger partial charge in [-0.05, 0) is 43.2 Å². The van der Waals surface area contributed by atoms with E-state index in [0.29, 0.717) is 11.8 Å². The Kier molecular flexibility index (Phi) is 4.04. The second-order valence-electron chi connectivity index (χ2n) is 5.51. The topological polar surface area (TPSA) is 35.8 Å². The molecule has 1 aromatic carbocycles. The summed E-state index contributed by atoms with van der Waals surface area (Å²) in [7, 11) is 0. The molecule has 1 aliphatic carbocycles. The highest BCUT2D eigenvalue weighted by atomic mass is 19.2. The molecule has 0 bridgehead atoms. The van der Waals surface area contributed by atoms with Gasteiger partial charge in [0.05, 0.1) is 11.3 Å². The van der Waals surface area contributed by atoms with Crippen LogP contribution in [-0.2, 0) is 0 Å². The normalized spacial score (nSPS) is 26.8. The number of anilines is 1. The van der Waals surface area contributed by atoms with Gasteiger partial charge in [0.15, 0.2) is 11.6 Å². The van der Waals surface area contributed by atoms with E-state index in [2.05, 4.69) is 19.2 Å². The van der Waals surface area contributed by atoms with Gasteiger partial charge >= 0.3 is 0 Å². The van der Waals surface area contributed by atoms with Crippen LogP contribution in [-0.4, -0.2) is 6.04 Å². The van der Waals surface area contributed by atoms with E-state index in [1.54, 1.807) is 6.07 Å². The lowest BCUT2D eigenvalue weighted by Crippen LogP contribution is -2.30. The second-order valence-corrected chi connectivity index (χ2v) is 5.51. The minimum absolute atomic E-state index is 0.156. The number of benzene rings is 1. The molecule has 3 atom stereocenters. The van der Waals surface area contributed by atoms with E-state index in [-0.39, 0.29) is 17.3 Å². The van der Waals surface area contributed by atoms with Crippen LogP contribution >= 0.6 is 0 Å². The largest absolute Gasteiger partial charge is 0.380 e. The first-order valence-corrected chi connectivity index (χ1v) is 6.67. The summed E-state index contributed by atoms with van der Waals surface area (Å²) in [6.45, 7) is 4.41. The Morgan fingerprint density at radius 2 is 1.89 bits per heavy atom. The molecule has 102 valence electrons. The highest BCUT2D eigenvalue weighted by Crippen LogP contribution is 2.32. The maximum Gasteiger partial charge on any atom is 0.183 e. The van der Waals surface area contributed by atoms with Gasteiger partial charge in [-0.25, -0.2) is 8.78 Å². The van der Waals surface area contributed by atoms with Gasteiger partial charge in [0.25, 0.3) is 0 Å². The Balaban J connectivity index is 2.12. The molecule has 0 spiro atoms. The molecule has 0 aromatic heterocycles.